The molecule has 0 aliphatic carbocycles. The van der Waals surface area contributed by atoms with Crippen molar-refractivity contribution < 1.29 is 0 Å². The van der Waals surface area contributed by atoms with E-state index in [1.54, 1.807) is 17.7 Å². The molecule has 3 aromatic heterocycles. The van der Waals surface area contributed by atoms with Crippen molar-refractivity contribution in [3.8, 4) is 0 Å². The maximum absolute atomic E-state index is 4.54. The zero-order chi connectivity index (χ0) is 17.2. The number of thiophene rings is 1. The Morgan fingerprint density at radius 2 is 2.16 bits per heavy atom. The predicted molar refractivity (Wildman–Crippen MR) is 103 cm³/mol. The first kappa shape index (κ1) is 16.4. The number of nitrogens with zero attached hydrogens (tertiary/aromatic N) is 4. The number of hydrogen-bond donors (Lipinski definition) is 1. The minimum atomic E-state index is 0.412. The first-order chi connectivity index (χ1) is 12.2. The topological polar surface area (TPSA) is 53.9 Å². The lowest BCUT2D eigenvalue weighted by Gasteiger charge is -2.33. The SMILES string of the molecule is Cc1sc2ncnc(N[C@H]3CCCN(Cc4ccccn4)C3)c2c1C. The molecule has 6 heteroatoms. The summed E-state index contributed by atoms with van der Waals surface area (Å²) in [5, 5.41) is 4.87. The molecule has 3 aromatic rings. The molecule has 1 atom stereocenters. The number of nitrogens with one attached hydrogen (secondary N) is 1. The third kappa shape index (κ3) is 3.50. The van der Waals surface area contributed by atoms with Gasteiger partial charge in [-0.05, 0) is 50.9 Å². The van der Waals surface area contributed by atoms with E-state index in [1.165, 1.54) is 28.7 Å². The van der Waals surface area contributed by atoms with E-state index in [0.717, 1.165) is 36.0 Å². The standard InChI is InChI=1S/C19H23N5S/c1-13-14(2)25-19-17(13)18(21-12-22-19)23-16-7-5-9-24(11-16)10-15-6-3-4-8-20-15/h3-4,6,8,12,16H,5,7,9-11H2,1-2H3,(H,21,22,23)/t16-/m0/s1. The van der Waals surface area contributed by atoms with Crippen molar-refractivity contribution in [2.24, 2.45) is 0 Å². The number of pyridine rings is 1. The Hall–Kier alpha value is -2.05. The van der Waals surface area contributed by atoms with E-state index in [1.807, 2.05) is 12.3 Å². The molecule has 25 heavy (non-hydrogen) atoms. The molecule has 1 saturated heterocycles. The van der Waals surface area contributed by atoms with Crippen molar-refractivity contribution in [1.29, 1.82) is 0 Å². The number of fused-ring (bicyclic) bond motifs is 1. The number of rotatable bonds is 4. The van der Waals surface area contributed by atoms with Gasteiger partial charge in [0, 0.05) is 30.2 Å². The lowest BCUT2D eigenvalue weighted by Crippen LogP contribution is -2.41. The molecule has 1 N–H and O–H groups in total. The number of hydrogen-bond acceptors (Lipinski definition) is 6. The average molecular weight is 353 g/mol. The van der Waals surface area contributed by atoms with Crippen LogP contribution in [0.1, 0.15) is 29.0 Å². The Morgan fingerprint density at radius 3 is 3.00 bits per heavy atom. The van der Waals surface area contributed by atoms with E-state index in [0.29, 0.717) is 6.04 Å². The Morgan fingerprint density at radius 1 is 1.24 bits per heavy atom. The van der Waals surface area contributed by atoms with Crippen molar-refractivity contribution in [3.63, 3.8) is 0 Å². The number of aryl methyl sites for hydroxylation is 2. The van der Waals surface area contributed by atoms with Crippen LogP contribution in [0.5, 0.6) is 0 Å². The fourth-order valence-electron chi connectivity index (χ4n) is 3.52. The van der Waals surface area contributed by atoms with Crippen LogP contribution in [0.4, 0.5) is 5.82 Å². The van der Waals surface area contributed by atoms with Gasteiger partial charge in [0.1, 0.15) is 17.0 Å². The van der Waals surface area contributed by atoms with Gasteiger partial charge in [0.15, 0.2) is 0 Å². The van der Waals surface area contributed by atoms with Gasteiger partial charge in [-0.2, -0.15) is 0 Å². The molecule has 1 fully saturated rings. The van der Waals surface area contributed by atoms with E-state index in [-0.39, 0.29) is 0 Å². The highest BCUT2D eigenvalue weighted by Crippen LogP contribution is 2.33. The molecule has 0 aromatic carbocycles. The van der Waals surface area contributed by atoms with Crippen LogP contribution in [-0.4, -0.2) is 39.0 Å². The molecule has 5 nitrogen and oxygen atoms in total. The molecule has 4 heterocycles. The predicted octanol–water partition coefficient (Wildman–Crippen LogP) is 3.78. The molecule has 1 aliphatic rings. The molecular formula is C19H23N5S. The summed E-state index contributed by atoms with van der Waals surface area (Å²) in [5.41, 5.74) is 2.43. The average Bonchev–Trinajstić information content (AvgIpc) is 2.91. The van der Waals surface area contributed by atoms with Crippen molar-refractivity contribution in [3.05, 3.63) is 46.9 Å². The van der Waals surface area contributed by atoms with Crippen LogP contribution in [0, 0.1) is 13.8 Å². The molecule has 0 amide bonds. The molecular weight excluding hydrogens is 330 g/mol. The smallest absolute Gasteiger partial charge is 0.138 e. The normalized spacial score (nSPS) is 18.6. The number of anilines is 1. The molecule has 1 aliphatic heterocycles. The van der Waals surface area contributed by atoms with Crippen LogP contribution in [0.3, 0.4) is 0 Å². The Balaban J connectivity index is 1.49. The van der Waals surface area contributed by atoms with Crippen LogP contribution >= 0.6 is 11.3 Å². The zero-order valence-corrected chi connectivity index (χ0v) is 15.5. The van der Waals surface area contributed by atoms with Gasteiger partial charge in [0.05, 0.1) is 11.1 Å². The van der Waals surface area contributed by atoms with Crippen molar-refractivity contribution >= 4 is 27.4 Å². The zero-order valence-electron chi connectivity index (χ0n) is 14.7. The lowest BCUT2D eigenvalue weighted by atomic mass is 10.0. The fraction of sp³-hybridized carbons (Fsp3) is 0.421. The van der Waals surface area contributed by atoms with Crippen LogP contribution in [-0.2, 0) is 6.54 Å². The molecule has 4 rings (SSSR count). The minimum absolute atomic E-state index is 0.412. The highest BCUT2D eigenvalue weighted by Gasteiger charge is 2.22. The largest absolute Gasteiger partial charge is 0.365 e. The van der Waals surface area contributed by atoms with Gasteiger partial charge in [0.2, 0.25) is 0 Å². The summed E-state index contributed by atoms with van der Waals surface area (Å²) in [7, 11) is 0. The third-order valence-electron chi connectivity index (χ3n) is 4.92. The monoisotopic (exact) mass is 353 g/mol. The second-order valence-corrected chi connectivity index (χ2v) is 7.93. The summed E-state index contributed by atoms with van der Waals surface area (Å²) in [5.74, 6) is 0.983. The summed E-state index contributed by atoms with van der Waals surface area (Å²) in [6, 6.07) is 6.54. The van der Waals surface area contributed by atoms with Gasteiger partial charge < -0.3 is 5.32 Å². The quantitative estimate of drug-likeness (QED) is 0.773. The lowest BCUT2D eigenvalue weighted by molar-refractivity contribution is 0.206. The third-order valence-corrected chi connectivity index (χ3v) is 6.04. The Labute approximate surface area is 152 Å². The minimum Gasteiger partial charge on any atom is -0.365 e. The second-order valence-electron chi connectivity index (χ2n) is 6.73. The van der Waals surface area contributed by atoms with Gasteiger partial charge >= 0.3 is 0 Å². The molecule has 0 unspecified atom stereocenters. The van der Waals surface area contributed by atoms with Gasteiger partial charge in [-0.25, -0.2) is 9.97 Å². The number of aromatic nitrogens is 3. The van der Waals surface area contributed by atoms with Gasteiger partial charge in [-0.1, -0.05) is 6.07 Å². The second kappa shape index (κ2) is 7.06. The van der Waals surface area contributed by atoms with Gasteiger partial charge in [0.25, 0.3) is 0 Å². The van der Waals surface area contributed by atoms with E-state index in [9.17, 15) is 0 Å². The molecule has 0 saturated carbocycles. The number of piperidine rings is 1. The van der Waals surface area contributed by atoms with Crippen LogP contribution in [0.25, 0.3) is 10.2 Å². The fourth-order valence-corrected chi connectivity index (χ4v) is 4.52. The first-order valence-electron chi connectivity index (χ1n) is 8.80. The summed E-state index contributed by atoms with van der Waals surface area (Å²) >= 11 is 1.75. The molecule has 130 valence electrons. The van der Waals surface area contributed by atoms with E-state index >= 15 is 0 Å². The Bertz CT molecular complexity index is 861. The highest BCUT2D eigenvalue weighted by atomic mass is 32.1. The van der Waals surface area contributed by atoms with E-state index < -0.39 is 0 Å². The van der Waals surface area contributed by atoms with Gasteiger partial charge in [-0.3, -0.25) is 9.88 Å². The maximum atomic E-state index is 4.54. The summed E-state index contributed by atoms with van der Waals surface area (Å²) in [4.78, 5) is 18.3. The van der Waals surface area contributed by atoms with E-state index in [4.69, 9.17) is 0 Å². The van der Waals surface area contributed by atoms with Gasteiger partial charge in [-0.15, -0.1) is 11.3 Å². The summed E-state index contributed by atoms with van der Waals surface area (Å²) in [6.45, 7) is 7.38. The summed E-state index contributed by atoms with van der Waals surface area (Å²) < 4.78 is 0. The van der Waals surface area contributed by atoms with Crippen LogP contribution < -0.4 is 5.32 Å². The Kier molecular flexibility index (Phi) is 4.63. The van der Waals surface area contributed by atoms with Crippen molar-refractivity contribution in [2.75, 3.05) is 18.4 Å². The van der Waals surface area contributed by atoms with Crippen LogP contribution in [0.2, 0.25) is 0 Å². The molecule has 0 spiro atoms. The highest BCUT2D eigenvalue weighted by molar-refractivity contribution is 7.18. The maximum Gasteiger partial charge on any atom is 0.138 e. The van der Waals surface area contributed by atoms with E-state index in [2.05, 4.69) is 51.1 Å². The number of likely N-dealkylation sites (tertiary alicyclic amines) is 1. The van der Waals surface area contributed by atoms with Crippen molar-refractivity contribution in [2.45, 2.75) is 39.3 Å². The molecule has 0 radical (unpaired) electrons. The first-order valence-corrected chi connectivity index (χ1v) is 9.62. The van der Waals surface area contributed by atoms with Crippen molar-refractivity contribution in [1.82, 2.24) is 19.9 Å². The summed E-state index contributed by atoms with van der Waals surface area (Å²) in [6.07, 6.45) is 5.91. The molecule has 0 bridgehead atoms. The van der Waals surface area contributed by atoms with Crippen LogP contribution in [0.15, 0.2) is 30.7 Å².